The Morgan fingerprint density at radius 2 is 2.00 bits per heavy atom. The van der Waals surface area contributed by atoms with E-state index in [9.17, 15) is 14.4 Å². The largest absolute Gasteiger partial charge is 0.373 e. The highest BCUT2D eigenvalue weighted by atomic mass is 16.2. The average molecular weight is 290 g/mol. The summed E-state index contributed by atoms with van der Waals surface area (Å²) < 4.78 is 0. The van der Waals surface area contributed by atoms with E-state index in [1.165, 1.54) is 4.90 Å². The fourth-order valence-corrected chi connectivity index (χ4v) is 2.19. The van der Waals surface area contributed by atoms with Gasteiger partial charge >= 0.3 is 0 Å². The van der Waals surface area contributed by atoms with Gasteiger partial charge in [-0.15, -0.1) is 0 Å². The molecule has 2 N–H and O–H groups in total. The van der Waals surface area contributed by atoms with Crippen LogP contribution in [-0.2, 0) is 16.0 Å². The Morgan fingerprint density at radius 3 is 2.57 bits per heavy atom. The third kappa shape index (κ3) is 3.56. The normalized spacial score (nSPS) is 14.9. The summed E-state index contributed by atoms with van der Waals surface area (Å²) in [5.41, 5.74) is 1.24. The van der Waals surface area contributed by atoms with Crippen LogP contribution in [0.4, 0.5) is 5.82 Å². The van der Waals surface area contributed by atoms with Gasteiger partial charge in [0, 0.05) is 18.3 Å². The Bertz CT molecular complexity index is 570. The summed E-state index contributed by atoms with van der Waals surface area (Å²) in [6.07, 6.45) is 1.67. The van der Waals surface area contributed by atoms with Crippen LogP contribution in [0.5, 0.6) is 0 Å². The fraction of sp³-hybridized carbons (Fsp3) is 0.429. The van der Waals surface area contributed by atoms with Crippen LogP contribution >= 0.6 is 0 Å². The van der Waals surface area contributed by atoms with Crippen LogP contribution in [0.15, 0.2) is 12.1 Å². The summed E-state index contributed by atoms with van der Waals surface area (Å²) in [7, 11) is 1.73. The van der Waals surface area contributed by atoms with Gasteiger partial charge in [0.25, 0.3) is 5.91 Å². The second-order valence-corrected chi connectivity index (χ2v) is 4.86. The van der Waals surface area contributed by atoms with E-state index in [2.05, 4.69) is 15.6 Å². The molecule has 1 aliphatic heterocycles. The van der Waals surface area contributed by atoms with Crippen LogP contribution < -0.4 is 10.6 Å². The van der Waals surface area contributed by atoms with Gasteiger partial charge in [0.1, 0.15) is 18.9 Å². The van der Waals surface area contributed by atoms with Crippen LogP contribution in [0.3, 0.4) is 0 Å². The maximum atomic E-state index is 12.5. The number of hydrogen-bond donors (Lipinski definition) is 2. The topological polar surface area (TPSA) is 91.4 Å². The van der Waals surface area contributed by atoms with Crippen LogP contribution in [0, 0.1) is 0 Å². The van der Waals surface area contributed by atoms with Crippen molar-refractivity contribution >= 4 is 23.5 Å². The summed E-state index contributed by atoms with van der Waals surface area (Å²) in [6.45, 7) is 1.82. The molecule has 3 amide bonds. The number of nitrogens with one attached hydrogen (secondary N) is 2. The Kier molecular flexibility index (Phi) is 4.52. The Morgan fingerprint density at radius 1 is 1.33 bits per heavy atom. The number of pyridine rings is 1. The molecule has 7 heteroatoms. The van der Waals surface area contributed by atoms with Gasteiger partial charge in [0.05, 0.1) is 0 Å². The second-order valence-electron chi connectivity index (χ2n) is 4.86. The molecule has 0 atom stereocenters. The minimum absolute atomic E-state index is 0.106. The smallest absolute Gasteiger partial charge is 0.254 e. The Balaban J connectivity index is 2.27. The van der Waals surface area contributed by atoms with Crippen LogP contribution in [0.25, 0.3) is 0 Å². The molecule has 1 aliphatic rings. The molecular formula is C14H18N4O3. The summed E-state index contributed by atoms with van der Waals surface area (Å²) in [4.78, 5) is 40.8. The number of nitrogens with zero attached hydrogens (tertiary/aromatic N) is 2. The van der Waals surface area contributed by atoms with Gasteiger partial charge in [-0.05, 0) is 18.6 Å². The number of aromatic nitrogens is 1. The molecule has 0 saturated carbocycles. The summed E-state index contributed by atoms with van der Waals surface area (Å²) in [5.74, 6) is -0.668. The second kappa shape index (κ2) is 6.34. The lowest BCUT2D eigenvalue weighted by Crippen LogP contribution is -2.53. The standard InChI is InChI=1S/C14H18N4O3/c1-3-4-10-5-9(6-11(15-2)16-10)14(21)18-7-12(19)17-13(20)8-18/h5-6H,3-4,7-8H2,1-2H3,(H,15,16)(H,17,19,20). The van der Waals surface area contributed by atoms with Gasteiger partial charge in [-0.25, -0.2) is 4.98 Å². The highest BCUT2D eigenvalue weighted by Crippen LogP contribution is 2.14. The van der Waals surface area contributed by atoms with Crippen molar-refractivity contribution in [2.75, 3.05) is 25.5 Å². The average Bonchev–Trinajstić information content (AvgIpc) is 2.45. The zero-order valence-corrected chi connectivity index (χ0v) is 12.1. The zero-order chi connectivity index (χ0) is 15.4. The zero-order valence-electron chi connectivity index (χ0n) is 12.1. The lowest BCUT2D eigenvalue weighted by Gasteiger charge is -2.25. The first-order valence-corrected chi connectivity index (χ1v) is 6.84. The van der Waals surface area contributed by atoms with Gasteiger partial charge in [-0.1, -0.05) is 13.3 Å². The molecule has 1 aromatic rings. The molecular weight excluding hydrogens is 272 g/mol. The molecule has 0 radical (unpaired) electrons. The third-order valence-electron chi connectivity index (χ3n) is 3.12. The van der Waals surface area contributed by atoms with E-state index in [0.717, 1.165) is 18.5 Å². The molecule has 7 nitrogen and oxygen atoms in total. The summed E-state index contributed by atoms with van der Waals surface area (Å²) in [5, 5.41) is 5.09. The van der Waals surface area contributed by atoms with Gasteiger partial charge < -0.3 is 10.2 Å². The molecule has 0 aromatic carbocycles. The number of anilines is 1. The summed E-state index contributed by atoms with van der Waals surface area (Å²) in [6, 6.07) is 3.34. The first kappa shape index (κ1) is 15.0. The minimum atomic E-state index is -0.462. The maximum absolute atomic E-state index is 12.5. The Hall–Kier alpha value is -2.44. The van der Waals surface area contributed by atoms with Crippen molar-refractivity contribution in [2.24, 2.45) is 0 Å². The molecule has 2 heterocycles. The number of amides is 3. The predicted molar refractivity (Wildman–Crippen MR) is 76.8 cm³/mol. The maximum Gasteiger partial charge on any atom is 0.254 e. The van der Waals surface area contributed by atoms with Crippen LogP contribution in [-0.4, -0.2) is 47.7 Å². The molecule has 2 rings (SSSR count). The van der Waals surface area contributed by atoms with Crippen LogP contribution in [0.2, 0.25) is 0 Å². The van der Waals surface area contributed by atoms with Crippen molar-refractivity contribution in [2.45, 2.75) is 19.8 Å². The first-order valence-electron chi connectivity index (χ1n) is 6.84. The highest BCUT2D eigenvalue weighted by molar-refractivity contribution is 6.05. The number of aryl methyl sites for hydroxylation is 1. The first-order chi connectivity index (χ1) is 10.0. The lowest BCUT2D eigenvalue weighted by atomic mass is 10.1. The number of hydrogen-bond acceptors (Lipinski definition) is 5. The van der Waals surface area contributed by atoms with Crippen molar-refractivity contribution in [1.29, 1.82) is 0 Å². The van der Waals surface area contributed by atoms with Crippen molar-refractivity contribution in [3.8, 4) is 0 Å². The molecule has 0 unspecified atom stereocenters. The van der Waals surface area contributed by atoms with E-state index in [1.54, 1.807) is 19.2 Å². The predicted octanol–water partition coefficient (Wildman–Crippen LogP) is 0.174. The molecule has 112 valence electrons. The number of carbonyl (C=O) groups is 3. The van der Waals surface area contributed by atoms with E-state index in [4.69, 9.17) is 0 Å². The molecule has 0 spiro atoms. The van der Waals surface area contributed by atoms with Crippen molar-refractivity contribution < 1.29 is 14.4 Å². The van der Waals surface area contributed by atoms with Gasteiger partial charge in [-0.2, -0.15) is 0 Å². The molecule has 1 fully saturated rings. The van der Waals surface area contributed by atoms with E-state index in [-0.39, 0.29) is 19.0 Å². The van der Waals surface area contributed by atoms with Crippen molar-refractivity contribution in [3.63, 3.8) is 0 Å². The number of carbonyl (C=O) groups excluding carboxylic acids is 3. The SMILES string of the molecule is CCCc1cc(C(=O)N2CC(=O)NC(=O)C2)cc(NC)n1. The molecule has 0 aliphatic carbocycles. The molecule has 1 aromatic heterocycles. The van der Waals surface area contributed by atoms with E-state index >= 15 is 0 Å². The molecule has 21 heavy (non-hydrogen) atoms. The molecule has 0 bridgehead atoms. The van der Waals surface area contributed by atoms with E-state index < -0.39 is 11.8 Å². The van der Waals surface area contributed by atoms with Gasteiger partial charge in [-0.3, -0.25) is 19.7 Å². The number of imide groups is 1. The van der Waals surface area contributed by atoms with E-state index in [1.807, 2.05) is 6.92 Å². The molecule has 1 saturated heterocycles. The lowest BCUT2D eigenvalue weighted by molar-refractivity contribution is -0.135. The van der Waals surface area contributed by atoms with Crippen molar-refractivity contribution in [1.82, 2.24) is 15.2 Å². The van der Waals surface area contributed by atoms with E-state index in [0.29, 0.717) is 11.4 Å². The highest BCUT2D eigenvalue weighted by Gasteiger charge is 2.27. The number of rotatable bonds is 4. The van der Waals surface area contributed by atoms with Crippen LogP contribution in [0.1, 0.15) is 29.4 Å². The summed E-state index contributed by atoms with van der Waals surface area (Å²) >= 11 is 0. The third-order valence-corrected chi connectivity index (χ3v) is 3.12. The van der Waals surface area contributed by atoms with Gasteiger partial charge in [0.15, 0.2) is 0 Å². The minimum Gasteiger partial charge on any atom is -0.373 e. The quantitative estimate of drug-likeness (QED) is 0.772. The number of piperazine rings is 1. The van der Waals surface area contributed by atoms with Gasteiger partial charge in [0.2, 0.25) is 11.8 Å². The monoisotopic (exact) mass is 290 g/mol. The fourth-order valence-electron chi connectivity index (χ4n) is 2.19. The van der Waals surface area contributed by atoms with Crippen molar-refractivity contribution in [3.05, 3.63) is 23.4 Å². The Labute approximate surface area is 122 Å².